The van der Waals surface area contributed by atoms with Crippen LogP contribution in [0.15, 0.2) is 0 Å². The van der Waals surface area contributed by atoms with Crippen LogP contribution in [0.25, 0.3) is 0 Å². The maximum absolute atomic E-state index is 11.3. The van der Waals surface area contributed by atoms with Crippen LogP contribution in [0.3, 0.4) is 0 Å². The molecule has 0 heterocycles. The van der Waals surface area contributed by atoms with Gasteiger partial charge in [-0.3, -0.25) is 0 Å². The molecule has 0 aromatic rings. The summed E-state index contributed by atoms with van der Waals surface area (Å²) in [5.74, 6) is 0.447. The van der Waals surface area contributed by atoms with Crippen molar-refractivity contribution in [3.8, 4) is 0 Å². The van der Waals surface area contributed by atoms with Gasteiger partial charge in [0.05, 0.1) is 5.60 Å². The zero-order valence-electron chi connectivity index (χ0n) is 10.8. The lowest BCUT2D eigenvalue weighted by Gasteiger charge is -2.44. The Hall–Kier alpha value is -0.420. The van der Waals surface area contributed by atoms with E-state index >= 15 is 0 Å². The Morgan fingerprint density at radius 3 is 2.18 bits per heavy atom. The number of hydrogen-bond acceptors (Lipinski definition) is 3. The van der Waals surface area contributed by atoms with Gasteiger partial charge in [0.25, 0.3) is 0 Å². The van der Waals surface area contributed by atoms with Gasteiger partial charge in [-0.05, 0) is 46.5 Å². The molecule has 4 nitrogen and oxygen atoms in total. The Labute approximate surface area is 108 Å². The van der Waals surface area contributed by atoms with E-state index in [0.717, 1.165) is 0 Å². The van der Waals surface area contributed by atoms with Crippen LogP contribution in [0.1, 0.15) is 46.5 Å². The number of thiol groups is 1. The molecule has 0 radical (unpaired) electrons. The lowest BCUT2D eigenvalue weighted by molar-refractivity contribution is -0.0150. The average molecular weight is 261 g/mol. The summed E-state index contributed by atoms with van der Waals surface area (Å²) in [5.41, 5.74) is -1.10. The number of amides is 1. The second-order valence-electron chi connectivity index (χ2n) is 5.94. The average Bonchev–Trinajstić information content (AvgIpc) is 2.19. The van der Waals surface area contributed by atoms with Crippen LogP contribution in [-0.2, 0) is 0 Å². The summed E-state index contributed by atoms with van der Waals surface area (Å²) in [6.07, 6.45) is 1.79. The van der Waals surface area contributed by atoms with E-state index in [4.69, 9.17) is 0 Å². The highest BCUT2D eigenvalue weighted by Crippen LogP contribution is 2.34. The van der Waals surface area contributed by atoms with Gasteiger partial charge in [0.1, 0.15) is 0 Å². The zero-order valence-corrected chi connectivity index (χ0v) is 11.7. The smallest absolute Gasteiger partial charge is 0.407 e. The van der Waals surface area contributed by atoms with E-state index in [1.165, 1.54) is 4.90 Å². The van der Waals surface area contributed by atoms with Crippen LogP contribution in [0.4, 0.5) is 4.79 Å². The van der Waals surface area contributed by atoms with Crippen LogP contribution < -0.4 is 0 Å². The van der Waals surface area contributed by atoms with Crippen LogP contribution in [-0.4, -0.2) is 44.1 Å². The summed E-state index contributed by atoms with van der Waals surface area (Å²) < 4.78 is 0. The molecule has 0 saturated heterocycles. The summed E-state index contributed by atoms with van der Waals surface area (Å²) in [6.45, 7) is 5.71. The van der Waals surface area contributed by atoms with E-state index in [9.17, 15) is 15.0 Å². The topological polar surface area (TPSA) is 60.8 Å². The standard InChI is InChI=1S/C12H23NO3S/c1-11(2,3)13(10(14)15)9-4-6-12(16,8-17)7-5-9/h9,16-17H,4-8H2,1-3H3,(H,14,15). The number of aliphatic hydroxyl groups is 1. The van der Waals surface area contributed by atoms with Gasteiger partial charge in [0.2, 0.25) is 0 Å². The summed E-state index contributed by atoms with van der Waals surface area (Å²) >= 11 is 4.15. The molecule has 1 amide bonds. The fourth-order valence-electron chi connectivity index (χ4n) is 2.55. The van der Waals surface area contributed by atoms with E-state index < -0.39 is 17.2 Å². The van der Waals surface area contributed by atoms with Crippen LogP contribution >= 0.6 is 12.6 Å². The molecular weight excluding hydrogens is 238 g/mol. The minimum Gasteiger partial charge on any atom is -0.465 e. The fourth-order valence-corrected chi connectivity index (χ4v) is 2.86. The Morgan fingerprint density at radius 2 is 1.88 bits per heavy atom. The molecule has 0 unspecified atom stereocenters. The van der Waals surface area contributed by atoms with Crippen molar-refractivity contribution in [3.63, 3.8) is 0 Å². The van der Waals surface area contributed by atoms with E-state index in [2.05, 4.69) is 12.6 Å². The minimum atomic E-state index is -0.876. The van der Waals surface area contributed by atoms with Gasteiger partial charge in [-0.1, -0.05) is 0 Å². The Balaban J connectivity index is 2.72. The van der Waals surface area contributed by atoms with Crippen molar-refractivity contribution < 1.29 is 15.0 Å². The quantitative estimate of drug-likeness (QED) is 0.669. The third-order valence-corrected chi connectivity index (χ3v) is 4.06. The number of carbonyl (C=O) groups is 1. The number of carboxylic acid groups (broad SMARTS) is 1. The van der Waals surface area contributed by atoms with Crippen LogP contribution in [0, 0.1) is 0 Å². The van der Waals surface area contributed by atoms with Gasteiger partial charge in [0, 0.05) is 17.3 Å². The molecule has 17 heavy (non-hydrogen) atoms. The van der Waals surface area contributed by atoms with E-state index in [1.807, 2.05) is 20.8 Å². The van der Waals surface area contributed by atoms with Gasteiger partial charge in [-0.25, -0.2) is 4.79 Å². The van der Waals surface area contributed by atoms with E-state index in [0.29, 0.717) is 31.4 Å². The molecule has 0 bridgehead atoms. The lowest BCUT2D eigenvalue weighted by atomic mass is 9.82. The third-order valence-electron chi connectivity index (χ3n) is 3.47. The van der Waals surface area contributed by atoms with Gasteiger partial charge >= 0.3 is 6.09 Å². The number of rotatable bonds is 2. The Morgan fingerprint density at radius 1 is 1.41 bits per heavy atom. The minimum absolute atomic E-state index is 0.00709. The second kappa shape index (κ2) is 5.06. The van der Waals surface area contributed by atoms with Crippen molar-refractivity contribution >= 4 is 18.7 Å². The molecule has 0 aromatic heterocycles. The van der Waals surface area contributed by atoms with Crippen LogP contribution in [0.5, 0.6) is 0 Å². The first-order valence-electron chi connectivity index (χ1n) is 6.05. The maximum Gasteiger partial charge on any atom is 0.407 e. The summed E-state index contributed by atoms with van der Waals surface area (Å²) in [5, 5.41) is 19.4. The molecule has 5 heteroatoms. The summed E-state index contributed by atoms with van der Waals surface area (Å²) in [4.78, 5) is 12.8. The Bertz CT molecular complexity index is 280. The molecule has 1 aliphatic rings. The fraction of sp³-hybridized carbons (Fsp3) is 0.917. The van der Waals surface area contributed by atoms with Gasteiger partial charge < -0.3 is 15.1 Å². The third kappa shape index (κ3) is 3.52. The maximum atomic E-state index is 11.3. The molecular formula is C12H23NO3S. The predicted molar refractivity (Wildman–Crippen MR) is 70.7 cm³/mol. The van der Waals surface area contributed by atoms with E-state index in [1.54, 1.807) is 0 Å². The lowest BCUT2D eigenvalue weighted by Crippen LogP contribution is -2.54. The van der Waals surface area contributed by atoms with E-state index in [-0.39, 0.29) is 6.04 Å². The molecule has 1 aliphatic carbocycles. The van der Waals surface area contributed by atoms with Gasteiger partial charge in [-0.15, -0.1) is 0 Å². The normalized spacial score (nSPS) is 30.1. The molecule has 0 atom stereocenters. The second-order valence-corrected chi connectivity index (χ2v) is 6.25. The molecule has 100 valence electrons. The van der Waals surface area contributed by atoms with Gasteiger partial charge in [-0.2, -0.15) is 12.6 Å². The zero-order chi connectivity index (χ0) is 13.3. The van der Waals surface area contributed by atoms with Crippen molar-refractivity contribution in [2.45, 2.75) is 63.6 Å². The molecule has 0 aliphatic heterocycles. The first-order valence-corrected chi connectivity index (χ1v) is 6.68. The molecule has 0 aromatic carbocycles. The summed E-state index contributed by atoms with van der Waals surface area (Å²) in [6, 6.07) is 0.00709. The van der Waals surface area contributed by atoms with Crippen LogP contribution in [0.2, 0.25) is 0 Å². The summed E-state index contributed by atoms with van der Waals surface area (Å²) in [7, 11) is 0. The molecule has 0 spiro atoms. The predicted octanol–water partition coefficient (Wildman–Crippen LogP) is 2.37. The monoisotopic (exact) mass is 261 g/mol. The van der Waals surface area contributed by atoms with Crippen molar-refractivity contribution in [1.29, 1.82) is 0 Å². The van der Waals surface area contributed by atoms with Crippen molar-refractivity contribution in [3.05, 3.63) is 0 Å². The Kier molecular flexibility index (Phi) is 4.36. The van der Waals surface area contributed by atoms with Crippen molar-refractivity contribution in [2.75, 3.05) is 5.75 Å². The molecule has 1 fully saturated rings. The number of nitrogens with zero attached hydrogens (tertiary/aromatic N) is 1. The molecule has 1 rings (SSSR count). The first-order chi connectivity index (χ1) is 7.69. The highest BCUT2D eigenvalue weighted by Gasteiger charge is 2.39. The van der Waals surface area contributed by atoms with Gasteiger partial charge in [0.15, 0.2) is 0 Å². The largest absolute Gasteiger partial charge is 0.465 e. The van der Waals surface area contributed by atoms with Crippen molar-refractivity contribution in [2.24, 2.45) is 0 Å². The van der Waals surface area contributed by atoms with Crippen molar-refractivity contribution in [1.82, 2.24) is 4.90 Å². The highest BCUT2D eigenvalue weighted by molar-refractivity contribution is 7.80. The first kappa shape index (κ1) is 14.6. The number of hydrogen-bond donors (Lipinski definition) is 3. The SMILES string of the molecule is CC(C)(C)N(C(=O)O)C1CCC(O)(CS)CC1. The molecule has 1 saturated carbocycles. The molecule has 2 N–H and O–H groups in total. The highest BCUT2D eigenvalue weighted by atomic mass is 32.1.